The van der Waals surface area contributed by atoms with Gasteiger partial charge in [-0.15, -0.1) is 0 Å². The Balaban J connectivity index is 1.81. The summed E-state index contributed by atoms with van der Waals surface area (Å²) in [7, 11) is 0. The van der Waals surface area contributed by atoms with E-state index in [0.29, 0.717) is 17.8 Å². The molecule has 0 saturated carbocycles. The minimum atomic E-state index is -0.133. The zero-order chi connectivity index (χ0) is 14.8. The Kier molecular flexibility index (Phi) is 3.60. The van der Waals surface area contributed by atoms with Crippen molar-refractivity contribution in [2.75, 3.05) is 5.32 Å². The summed E-state index contributed by atoms with van der Waals surface area (Å²) in [5.41, 5.74) is 3.88. The van der Waals surface area contributed by atoms with Crippen molar-refractivity contribution in [3.05, 3.63) is 63.6 Å². The van der Waals surface area contributed by atoms with Crippen LogP contribution in [0, 0.1) is 0 Å². The molecule has 1 aliphatic carbocycles. The van der Waals surface area contributed by atoms with Gasteiger partial charge in [-0.3, -0.25) is 9.59 Å². The molecule has 21 heavy (non-hydrogen) atoms. The lowest BCUT2D eigenvalue weighted by molar-refractivity contribution is 0.102. The Morgan fingerprint density at radius 3 is 2.81 bits per heavy atom. The molecule has 1 amide bonds. The molecule has 1 heterocycles. The first-order chi connectivity index (χ1) is 10.2. The van der Waals surface area contributed by atoms with Crippen LogP contribution in [0.2, 0.25) is 0 Å². The predicted octanol–water partition coefficient (Wildman–Crippen LogP) is 2.61. The first-order valence-corrected chi connectivity index (χ1v) is 7.31. The molecule has 0 atom stereocenters. The number of carbonyl (C=O) groups excluding carboxylic acids is 1. The van der Waals surface area contributed by atoms with Gasteiger partial charge in [-0.05, 0) is 55.5 Å². The first-order valence-electron chi connectivity index (χ1n) is 7.31. The molecule has 0 spiro atoms. The Morgan fingerprint density at radius 1 is 1.19 bits per heavy atom. The normalized spacial score (nSPS) is 13.0. The molecule has 0 bridgehead atoms. The van der Waals surface area contributed by atoms with Gasteiger partial charge in [0.2, 0.25) is 0 Å². The van der Waals surface area contributed by atoms with Crippen molar-refractivity contribution in [1.29, 1.82) is 0 Å². The van der Waals surface area contributed by atoms with E-state index in [2.05, 4.69) is 5.32 Å². The molecule has 1 aliphatic rings. The van der Waals surface area contributed by atoms with Crippen molar-refractivity contribution < 1.29 is 4.79 Å². The van der Waals surface area contributed by atoms with Crippen LogP contribution in [0.4, 0.5) is 5.69 Å². The number of aryl methyl sites for hydroxylation is 3. The standard InChI is InChI=1S/C17H18N2O2/c1-2-19-11-15(8-9-16(19)20)18-17(21)14-7-6-12-4-3-5-13(12)10-14/h6-11H,2-5H2,1H3,(H,18,21). The molecule has 1 N–H and O–H groups in total. The average Bonchev–Trinajstić information content (AvgIpc) is 2.96. The lowest BCUT2D eigenvalue weighted by Gasteiger charge is -2.09. The Hall–Kier alpha value is -2.36. The number of hydrogen-bond donors (Lipinski definition) is 1. The largest absolute Gasteiger partial charge is 0.321 e. The summed E-state index contributed by atoms with van der Waals surface area (Å²) >= 11 is 0. The van der Waals surface area contributed by atoms with Gasteiger partial charge in [-0.1, -0.05) is 6.07 Å². The SMILES string of the molecule is CCn1cc(NC(=O)c2ccc3c(c2)CCC3)ccc1=O. The van der Waals surface area contributed by atoms with Crippen LogP contribution in [0.25, 0.3) is 0 Å². The van der Waals surface area contributed by atoms with E-state index in [1.807, 2.05) is 25.1 Å². The van der Waals surface area contributed by atoms with Gasteiger partial charge < -0.3 is 9.88 Å². The molecule has 108 valence electrons. The third-order valence-electron chi connectivity index (χ3n) is 3.94. The Morgan fingerprint density at radius 2 is 2.00 bits per heavy atom. The predicted molar refractivity (Wildman–Crippen MR) is 82.8 cm³/mol. The minimum absolute atomic E-state index is 0.0620. The molecule has 0 radical (unpaired) electrons. The maximum absolute atomic E-state index is 12.3. The van der Waals surface area contributed by atoms with Crippen molar-refractivity contribution in [2.24, 2.45) is 0 Å². The number of nitrogens with one attached hydrogen (secondary N) is 1. The van der Waals surface area contributed by atoms with E-state index < -0.39 is 0 Å². The van der Waals surface area contributed by atoms with E-state index in [4.69, 9.17) is 0 Å². The highest BCUT2D eigenvalue weighted by atomic mass is 16.1. The average molecular weight is 282 g/mol. The number of rotatable bonds is 3. The summed E-state index contributed by atoms with van der Waals surface area (Å²) in [6.07, 6.45) is 5.01. The zero-order valence-electron chi connectivity index (χ0n) is 12.1. The molecule has 4 nitrogen and oxygen atoms in total. The summed E-state index contributed by atoms with van der Waals surface area (Å²) in [4.78, 5) is 23.8. The number of hydrogen-bond acceptors (Lipinski definition) is 2. The fourth-order valence-corrected chi connectivity index (χ4v) is 2.77. The van der Waals surface area contributed by atoms with Crippen molar-refractivity contribution in [1.82, 2.24) is 4.57 Å². The van der Waals surface area contributed by atoms with Crippen molar-refractivity contribution in [2.45, 2.75) is 32.7 Å². The lowest BCUT2D eigenvalue weighted by Crippen LogP contribution is -2.19. The maximum atomic E-state index is 12.3. The number of nitrogens with zero attached hydrogens (tertiary/aromatic N) is 1. The quantitative estimate of drug-likeness (QED) is 0.940. The Labute approximate surface area is 123 Å². The lowest BCUT2D eigenvalue weighted by atomic mass is 10.1. The van der Waals surface area contributed by atoms with E-state index in [-0.39, 0.29) is 11.5 Å². The fraction of sp³-hybridized carbons (Fsp3) is 0.294. The van der Waals surface area contributed by atoms with Gasteiger partial charge in [0.25, 0.3) is 11.5 Å². The van der Waals surface area contributed by atoms with Crippen LogP contribution in [0.5, 0.6) is 0 Å². The molecule has 1 aromatic heterocycles. The van der Waals surface area contributed by atoms with Crippen LogP contribution < -0.4 is 10.9 Å². The number of fused-ring (bicyclic) bond motifs is 1. The van der Waals surface area contributed by atoms with Crippen LogP contribution in [0.15, 0.2) is 41.3 Å². The van der Waals surface area contributed by atoms with Gasteiger partial charge in [0, 0.05) is 24.4 Å². The van der Waals surface area contributed by atoms with Gasteiger partial charge in [-0.2, -0.15) is 0 Å². The highest BCUT2D eigenvalue weighted by Crippen LogP contribution is 2.23. The molecular formula is C17H18N2O2. The fourth-order valence-electron chi connectivity index (χ4n) is 2.77. The second-order valence-corrected chi connectivity index (χ2v) is 5.33. The van der Waals surface area contributed by atoms with Crippen molar-refractivity contribution in [3.8, 4) is 0 Å². The van der Waals surface area contributed by atoms with E-state index in [0.717, 1.165) is 12.8 Å². The highest BCUT2D eigenvalue weighted by Gasteiger charge is 2.14. The third kappa shape index (κ3) is 2.75. The number of pyridine rings is 1. The van der Waals surface area contributed by atoms with Gasteiger partial charge in [0.05, 0.1) is 5.69 Å². The topological polar surface area (TPSA) is 51.1 Å². The number of benzene rings is 1. The summed E-state index contributed by atoms with van der Waals surface area (Å²) in [5, 5.41) is 2.85. The van der Waals surface area contributed by atoms with Crippen molar-refractivity contribution in [3.63, 3.8) is 0 Å². The Bertz CT molecular complexity index is 747. The first kappa shape index (κ1) is 13.6. The van der Waals surface area contributed by atoms with Crippen molar-refractivity contribution >= 4 is 11.6 Å². The van der Waals surface area contributed by atoms with Crippen LogP contribution in [-0.2, 0) is 19.4 Å². The molecule has 3 rings (SSSR count). The van der Waals surface area contributed by atoms with E-state index >= 15 is 0 Å². The molecule has 0 fully saturated rings. The zero-order valence-corrected chi connectivity index (χ0v) is 12.1. The highest BCUT2D eigenvalue weighted by molar-refractivity contribution is 6.04. The van der Waals surface area contributed by atoms with Crippen LogP contribution in [0.3, 0.4) is 0 Å². The molecule has 0 aliphatic heterocycles. The second kappa shape index (κ2) is 5.56. The minimum Gasteiger partial charge on any atom is -0.321 e. The van der Waals surface area contributed by atoms with E-state index in [1.165, 1.54) is 23.6 Å². The van der Waals surface area contributed by atoms with Crippen LogP contribution in [-0.4, -0.2) is 10.5 Å². The van der Waals surface area contributed by atoms with Crippen LogP contribution >= 0.6 is 0 Å². The maximum Gasteiger partial charge on any atom is 0.255 e. The summed E-state index contributed by atoms with van der Waals surface area (Å²) in [6, 6.07) is 9.01. The monoisotopic (exact) mass is 282 g/mol. The van der Waals surface area contributed by atoms with E-state index in [1.54, 1.807) is 16.8 Å². The number of carbonyl (C=O) groups is 1. The smallest absolute Gasteiger partial charge is 0.255 e. The molecule has 2 aromatic rings. The molecule has 1 aromatic carbocycles. The molecule has 4 heteroatoms. The van der Waals surface area contributed by atoms with Gasteiger partial charge in [0.15, 0.2) is 0 Å². The van der Waals surface area contributed by atoms with Crippen LogP contribution in [0.1, 0.15) is 34.8 Å². The summed E-state index contributed by atoms with van der Waals surface area (Å²) in [6.45, 7) is 2.48. The molecular weight excluding hydrogens is 264 g/mol. The van der Waals surface area contributed by atoms with Gasteiger partial charge >= 0.3 is 0 Å². The number of amides is 1. The molecule has 0 unspecified atom stereocenters. The third-order valence-corrected chi connectivity index (χ3v) is 3.94. The molecule has 0 saturated heterocycles. The van der Waals surface area contributed by atoms with E-state index in [9.17, 15) is 9.59 Å². The van der Waals surface area contributed by atoms with Gasteiger partial charge in [0.1, 0.15) is 0 Å². The van der Waals surface area contributed by atoms with Gasteiger partial charge in [-0.25, -0.2) is 0 Å². The second-order valence-electron chi connectivity index (χ2n) is 5.33. The number of anilines is 1. The summed E-state index contributed by atoms with van der Waals surface area (Å²) < 4.78 is 1.57. The number of aromatic nitrogens is 1. The summed E-state index contributed by atoms with van der Waals surface area (Å²) in [5.74, 6) is -0.133.